The van der Waals surface area contributed by atoms with E-state index in [9.17, 15) is 15.2 Å². The number of rotatable bonds is 7. The number of aromatic nitrogens is 5. The number of carbonyl (C=O) groups is 1. The summed E-state index contributed by atoms with van der Waals surface area (Å²) in [5.41, 5.74) is 7.50. The van der Waals surface area contributed by atoms with E-state index in [2.05, 4.69) is 22.5 Å². The van der Waals surface area contributed by atoms with Gasteiger partial charge in [0, 0.05) is 36.4 Å². The van der Waals surface area contributed by atoms with E-state index in [0.717, 1.165) is 52.4 Å². The lowest BCUT2D eigenvalue weighted by Gasteiger charge is -2.17. The van der Waals surface area contributed by atoms with Crippen molar-refractivity contribution < 1.29 is 24.1 Å². The van der Waals surface area contributed by atoms with Crippen LogP contribution in [0.15, 0.2) is 79.3 Å². The summed E-state index contributed by atoms with van der Waals surface area (Å²) in [6.07, 6.45) is 5.45. The number of hydrogen-bond acceptors (Lipinski definition) is 8. The van der Waals surface area contributed by atoms with Crippen LogP contribution in [0.1, 0.15) is 57.5 Å². The van der Waals surface area contributed by atoms with Crippen molar-refractivity contribution in [1.29, 1.82) is 5.26 Å². The Balaban J connectivity index is 1.30. The third-order valence-corrected chi connectivity index (χ3v) is 8.82. The number of imidazole rings is 2. The molecule has 11 heteroatoms. The number of benzene rings is 3. The maximum atomic E-state index is 12.1. The number of aryl methyl sites for hydroxylation is 2. The number of hydrogen-bond donors (Lipinski definition) is 1. The van der Waals surface area contributed by atoms with Crippen LogP contribution in [0.5, 0.6) is 17.4 Å². The first-order valence-corrected chi connectivity index (χ1v) is 16.1. The topological polar surface area (TPSA) is 137 Å². The Bertz CT molecular complexity index is 2230. The molecule has 11 nitrogen and oxygen atoms in total. The van der Waals surface area contributed by atoms with Gasteiger partial charge < -0.3 is 28.5 Å². The Morgan fingerprint density at radius 1 is 1.06 bits per heavy atom. The second kappa shape index (κ2) is 13.5. The van der Waals surface area contributed by atoms with Gasteiger partial charge in [-0.2, -0.15) is 5.26 Å². The predicted octanol–water partition coefficient (Wildman–Crippen LogP) is 6.44. The van der Waals surface area contributed by atoms with Gasteiger partial charge in [-0.1, -0.05) is 24.3 Å². The minimum absolute atomic E-state index is 0.116. The third-order valence-electron chi connectivity index (χ3n) is 8.82. The zero-order chi connectivity index (χ0) is 33.9. The Kier molecular flexibility index (Phi) is 8.68. The van der Waals surface area contributed by atoms with Gasteiger partial charge >= 0.3 is 5.97 Å². The van der Waals surface area contributed by atoms with Gasteiger partial charge in [0.2, 0.25) is 5.88 Å². The maximum Gasteiger partial charge on any atom is 0.335 e. The van der Waals surface area contributed by atoms with Crippen molar-refractivity contribution in [1.82, 2.24) is 24.1 Å². The van der Waals surface area contributed by atoms with E-state index in [1.807, 2.05) is 65.4 Å². The minimum atomic E-state index is -1.05. The summed E-state index contributed by atoms with van der Waals surface area (Å²) < 4.78 is 22.3. The third kappa shape index (κ3) is 6.41. The summed E-state index contributed by atoms with van der Waals surface area (Å²) in [6, 6.07) is 22.8. The number of nitriles is 1. The summed E-state index contributed by atoms with van der Waals surface area (Å²) in [5.74, 6) is 1.27. The average molecular weight is 655 g/mol. The largest absolute Gasteiger partial charge is 0.494 e. The van der Waals surface area contributed by atoms with Gasteiger partial charge in [0.1, 0.15) is 29.4 Å². The molecule has 3 aromatic heterocycles. The molecule has 0 amide bonds. The number of methoxy groups -OCH3 is 1. The molecule has 0 aliphatic carbocycles. The van der Waals surface area contributed by atoms with Crippen LogP contribution in [0, 0.1) is 11.3 Å². The molecule has 7 rings (SSSR count). The molecular weight excluding hydrogens is 620 g/mol. The van der Waals surface area contributed by atoms with Crippen molar-refractivity contribution in [2.45, 2.75) is 45.9 Å². The average Bonchev–Trinajstić information content (AvgIpc) is 3.73. The molecule has 0 saturated carbocycles. The van der Waals surface area contributed by atoms with Crippen LogP contribution in [0.3, 0.4) is 0 Å². The number of nitrogens with zero attached hydrogens (tertiary/aromatic N) is 6. The molecule has 4 heterocycles. The van der Waals surface area contributed by atoms with Crippen LogP contribution in [0.25, 0.3) is 22.3 Å². The number of carboxylic acids is 1. The molecule has 1 aliphatic rings. The predicted molar refractivity (Wildman–Crippen MR) is 182 cm³/mol. The van der Waals surface area contributed by atoms with Gasteiger partial charge in [-0.25, -0.2) is 19.7 Å². The van der Waals surface area contributed by atoms with Gasteiger partial charge in [0.05, 0.1) is 60.7 Å². The van der Waals surface area contributed by atoms with Gasteiger partial charge in [-0.3, -0.25) is 0 Å². The molecule has 3 aromatic carbocycles. The van der Waals surface area contributed by atoms with Crippen LogP contribution in [-0.2, 0) is 32.5 Å². The fraction of sp³-hybridized carbons (Fsp3) is 0.237. The number of aromatic carboxylic acids is 1. The molecule has 0 radical (unpaired) electrons. The maximum absolute atomic E-state index is 12.1. The fourth-order valence-electron chi connectivity index (χ4n) is 6.24. The number of fused-ring (bicyclic) bond motifs is 7. The van der Waals surface area contributed by atoms with Crippen molar-refractivity contribution >= 4 is 17.0 Å². The Morgan fingerprint density at radius 3 is 2.78 bits per heavy atom. The highest BCUT2D eigenvalue weighted by molar-refractivity contribution is 5.95. The molecule has 0 saturated heterocycles. The number of ether oxygens (including phenoxy) is 3. The fourth-order valence-corrected chi connectivity index (χ4v) is 6.24. The molecule has 1 N–H and O–H groups in total. The molecule has 6 aromatic rings. The second-order valence-electron chi connectivity index (χ2n) is 11.8. The lowest BCUT2D eigenvalue weighted by atomic mass is 10.0. The van der Waals surface area contributed by atoms with Crippen LogP contribution < -0.4 is 14.2 Å². The molecule has 0 fully saturated rings. The number of carboxylic acid groups (broad SMARTS) is 1. The van der Waals surface area contributed by atoms with Gasteiger partial charge in [-0.15, -0.1) is 0 Å². The van der Waals surface area contributed by atoms with E-state index in [1.54, 1.807) is 12.4 Å². The Morgan fingerprint density at radius 2 is 1.96 bits per heavy atom. The van der Waals surface area contributed by atoms with Crippen LogP contribution in [0.4, 0.5) is 0 Å². The normalized spacial score (nSPS) is 12.7. The first-order valence-electron chi connectivity index (χ1n) is 16.1. The van der Waals surface area contributed by atoms with Gasteiger partial charge in [-0.05, 0) is 67.3 Å². The number of pyridine rings is 1. The molecule has 246 valence electrons. The summed E-state index contributed by atoms with van der Waals surface area (Å²) in [5, 5.41) is 19.4. The molecule has 49 heavy (non-hydrogen) atoms. The van der Waals surface area contributed by atoms with E-state index in [4.69, 9.17) is 24.2 Å². The summed E-state index contributed by atoms with van der Waals surface area (Å²) in [4.78, 5) is 26.2. The first-order chi connectivity index (χ1) is 23.9. The Hall–Kier alpha value is -6.15. The van der Waals surface area contributed by atoms with Gasteiger partial charge in [0.15, 0.2) is 0 Å². The van der Waals surface area contributed by atoms with E-state index in [-0.39, 0.29) is 5.56 Å². The highest BCUT2D eigenvalue weighted by Crippen LogP contribution is 2.33. The van der Waals surface area contributed by atoms with Gasteiger partial charge in [0.25, 0.3) is 0 Å². The van der Waals surface area contributed by atoms with Crippen LogP contribution in [0.2, 0.25) is 0 Å². The lowest BCUT2D eigenvalue weighted by Crippen LogP contribution is -2.11. The van der Waals surface area contributed by atoms with Crippen molar-refractivity contribution in [3.8, 4) is 34.7 Å². The summed E-state index contributed by atoms with van der Waals surface area (Å²) in [7, 11) is 1.52. The zero-order valence-corrected chi connectivity index (χ0v) is 27.2. The molecule has 0 atom stereocenters. The standard InChI is InChI=1S/C38H34N6O5/c1-3-43-23-40-20-30(43)21-44-32-15-29(38(45)46)17-34(47-2)37(32)42-35(44)18-27-12-11-26-16-33(27)48-13-5-6-25-14-24(19-39)9-10-28(25)22-49-36-8-4-7-31(26)41-36/h4,7-12,14-17,20,23H,3,5-6,13,18,21-22H2,1-2H3,(H,45,46). The lowest BCUT2D eigenvalue weighted by molar-refractivity contribution is 0.0696. The van der Waals surface area contributed by atoms with Crippen molar-refractivity contribution in [3.63, 3.8) is 0 Å². The Labute approximate surface area is 283 Å². The minimum Gasteiger partial charge on any atom is -0.494 e. The molecule has 0 unspecified atom stereocenters. The van der Waals surface area contributed by atoms with E-state index in [1.165, 1.54) is 13.2 Å². The summed E-state index contributed by atoms with van der Waals surface area (Å²) >= 11 is 0. The quantitative estimate of drug-likeness (QED) is 0.206. The molecule has 1 aliphatic heterocycles. The highest BCUT2D eigenvalue weighted by Gasteiger charge is 2.21. The van der Waals surface area contributed by atoms with Crippen molar-refractivity contribution in [3.05, 3.63) is 119 Å². The second-order valence-corrected chi connectivity index (χ2v) is 11.8. The zero-order valence-electron chi connectivity index (χ0n) is 27.2. The van der Waals surface area contributed by atoms with Crippen LogP contribution >= 0.6 is 0 Å². The molecular formula is C38H34N6O5. The SMILES string of the molecule is CCn1cncc1Cn1c(Cc2ccc3cc2OCCCc2cc(C#N)ccc2COc2cccc-3n2)nc2c(OC)cc(C(=O)O)cc21. The van der Waals surface area contributed by atoms with Crippen molar-refractivity contribution in [2.24, 2.45) is 0 Å². The molecule has 4 bridgehead atoms. The van der Waals surface area contributed by atoms with E-state index in [0.29, 0.717) is 66.6 Å². The highest BCUT2D eigenvalue weighted by atomic mass is 16.5. The molecule has 0 spiro atoms. The van der Waals surface area contributed by atoms with Crippen LogP contribution in [-0.4, -0.2) is 48.9 Å². The van der Waals surface area contributed by atoms with E-state index < -0.39 is 5.97 Å². The van der Waals surface area contributed by atoms with Crippen molar-refractivity contribution in [2.75, 3.05) is 13.7 Å². The van der Waals surface area contributed by atoms with E-state index >= 15 is 0 Å². The first kappa shape index (κ1) is 31.4. The smallest absolute Gasteiger partial charge is 0.335 e. The monoisotopic (exact) mass is 654 g/mol. The summed E-state index contributed by atoms with van der Waals surface area (Å²) in [6.45, 7) is 4.02.